The van der Waals surface area contributed by atoms with Crippen LogP contribution in [0.2, 0.25) is 0 Å². The molecule has 2 rings (SSSR count). The molecule has 9 heteroatoms. The van der Waals surface area contributed by atoms with Crippen molar-refractivity contribution < 1.29 is 26.5 Å². The van der Waals surface area contributed by atoms with E-state index < -0.39 is 30.8 Å². The molecule has 2 aromatic rings. The van der Waals surface area contributed by atoms with Crippen LogP contribution in [0.3, 0.4) is 0 Å². The molecule has 0 bridgehead atoms. The molecule has 0 radical (unpaired) electrons. The largest absolute Gasteiger partial charge is 0.507 e. The van der Waals surface area contributed by atoms with Crippen molar-refractivity contribution >= 4 is 30.9 Å². The lowest BCUT2D eigenvalue weighted by Crippen LogP contribution is -2.11. The van der Waals surface area contributed by atoms with Gasteiger partial charge >= 0.3 is 0 Å². The first-order valence-corrected chi connectivity index (χ1v) is 7.85. The molecule has 0 aliphatic heterocycles. The maximum atomic E-state index is 11.2. The quantitative estimate of drug-likeness (QED) is 0.689. The summed E-state index contributed by atoms with van der Waals surface area (Å²) in [5.74, 6) is -0.397. The SMILES string of the molecule is NS(=O)(=O)c1ccc2c(O)cc(S(=O)(=O)O)cc2c1. The molecule has 0 aromatic heterocycles. The van der Waals surface area contributed by atoms with Gasteiger partial charge in [0.05, 0.1) is 9.79 Å². The van der Waals surface area contributed by atoms with E-state index in [2.05, 4.69) is 0 Å². The molecular weight excluding hydrogens is 294 g/mol. The van der Waals surface area contributed by atoms with Crippen LogP contribution in [0.25, 0.3) is 10.8 Å². The molecule has 102 valence electrons. The Morgan fingerprint density at radius 3 is 2.05 bits per heavy atom. The Bertz CT molecular complexity index is 865. The van der Waals surface area contributed by atoms with Crippen LogP contribution >= 0.6 is 0 Å². The predicted molar refractivity (Wildman–Crippen MR) is 66.8 cm³/mol. The first kappa shape index (κ1) is 13.7. The third-order valence-corrected chi connectivity index (χ3v) is 4.24. The molecule has 0 saturated heterocycles. The van der Waals surface area contributed by atoms with Gasteiger partial charge in [0.1, 0.15) is 5.75 Å². The van der Waals surface area contributed by atoms with Crippen molar-refractivity contribution in [3.8, 4) is 5.75 Å². The third kappa shape index (κ3) is 2.68. The van der Waals surface area contributed by atoms with E-state index in [1.54, 1.807) is 0 Å². The van der Waals surface area contributed by atoms with Crippen LogP contribution < -0.4 is 5.14 Å². The van der Waals surface area contributed by atoms with Gasteiger partial charge in [0, 0.05) is 11.5 Å². The summed E-state index contributed by atoms with van der Waals surface area (Å²) in [5.41, 5.74) is 0. The van der Waals surface area contributed by atoms with Gasteiger partial charge in [-0.1, -0.05) is 0 Å². The summed E-state index contributed by atoms with van der Waals surface area (Å²) in [6, 6.07) is 5.50. The van der Waals surface area contributed by atoms with Crippen LogP contribution in [-0.2, 0) is 20.1 Å². The van der Waals surface area contributed by atoms with Gasteiger partial charge in [-0.15, -0.1) is 0 Å². The average Bonchev–Trinajstić information content (AvgIpc) is 2.25. The van der Waals surface area contributed by atoms with Crippen molar-refractivity contribution in [1.29, 1.82) is 0 Å². The Balaban J connectivity index is 2.85. The number of benzene rings is 2. The van der Waals surface area contributed by atoms with Gasteiger partial charge in [-0.3, -0.25) is 4.55 Å². The molecule has 0 unspecified atom stereocenters. The molecule has 0 heterocycles. The molecule has 0 atom stereocenters. The Kier molecular flexibility index (Phi) is 3.01. The second-order valence-electron chi connectivity index (χ2n) is 3.85. The van der Waals surface area contributed by atoms with Crippen molar-refractivity contribution in [3.05, 3.63) is 30.3 Å². The number of hydrogen-bond acceptors (Lipinski definition) is 5. The van der Waals surface area contributed by atoms with Crippen LogP contribution in [-0.4, -0.2) is 26.5 Å². The number of hydrogen-bond donors (Lipinski definition) is 3. The molecule has 0 aliphatic carbocycles. The number of phenols is 1. The topological polar surface area (TPSA) is 135 Å². The molecule has 0 spiro atoms. The number of primary sulfonamides is 1. The normalized spacial score (nSPS) is 12.7. The number of phenolic OH excluding ortho intramolecular Hbond substituents is 1. The minimum atomic E-state index is -4.51. The van der Waals surface area contributed by atoms with Crippen molar-refractivity contribution in [2.45, 2.75) is 9.79 Å². The third-order valence-electron chi connectivity index (χ3n) is 2.50. The molecule has 0 saturated carbocycles. The fraction of sp³-hybridized carbons (Fsp3) is 0. The molecular formula is C10H9NO6S2. The summed E-state index contributed by atoms with van der Waals surface area (Å²) in [4.78, 5) is -0.768. The lowest BCUT2D eigenvalue weighted by molar-refractivity contribution is 0.471. The summed E-state index contributed by atoms with van der Waals surface area (Å²) in [5, 5.41) is 15.0. The highest BCUT2D eigenvalue weighted by Crippen LogP contribution is 2.30. The van der Waals surface area contributed by atoms with Crippen LogP contribution in [0.15, 0.2) is 40.1 Å². The Hall–Kier alpha value is -1.68. The average molecular weight is 303 g/mol. The summed E-state index contributed by atoms with van der Waals surface area (Å²) < 4.78 is 53.3. The Labute approximate surface area is 109 Å². The lowest BCUT2D eigenvalue weighted by atomic mass is 10.1. The molecule has 2 aromatic carbocycles. The van der Waals surface area contributed by atoms with Crippen molar-refractivity contribution in [1.82, 2.24) is 0 Å². The standard InChI is InChI=1S/C10H9NO6S2/c11-18(13,14)7-1-2-9-6(3-7)4-8(5-10(9)12)19(15,16)17/h1-5,12H,(H2,11,13,14)(H,15,16,17). The number of aromatic hydroxyl groups is 1. The molecule has 0 fully saturated rings. The summed E-state index contributed by atoms with van der Waals surface area (Å²) in [6.45, 7) is 0. The van der Waals surface area contributed by atoms with Crippen LogP contribution in [0.1, 0.15) is 0 Å². The zero-order valence-electron chi connectivity index (χ0n) is 9.31. The van der Waals surface area contributed by atoms with Gasteiger partial charge in [-0.2, -0.15) is 8.42 Å². The maximum Gasteiger partial charge on any atom is 0.294 e. The Morgan fingerprint density at radius 2 is 1.53 bits per heavy atom. The molecule has 0 aliphatic rings. The van der Waals surface area contributed by atoms with Gasteiger partial charge in [-0.25, -0.2) is 13.6 Å². The summed E-state index contributed by atoms with van der Waals surface area (Å²) in [7, 11) is -8.45. The van der Waals surface area contributed by atoms with Crippen molar-refractivity contribution in [2.75, 3.05) is 0 Å². The van der Waals surface area contributed by atoms with E-state index in [1.807, 2.05) is 0 Å². The predicted octanol–water partition coefficient (Wildman–Crippen LogP) is 0.440. The summed E-state index contributed by atoms with van der Waals surface area (Å²) in [6.07, 6.45) is 0. The maximum absolute atomic E-state index is 11.2. The number of fused-ring (bicyclic) bond motifs is 1. The van der Waals surface area contributed by atoms with E-state index in [0.29, 0.717) is 0 Å². The molecule has 0 amide bonds. The van der Waals surface area contributed by atoms with E-state index in [9.17, 15) is 21.9 Å². The van der Waals surface area contributed by atoms with E-state index in [1.165, 1.54) is 12.1 Å². The Morgan fingerprint density at radius 1 is 0.947 bits per heavy atom. The zero-order valence-corrected chi connectivity index (χ0v) is 10.9. The highest BCUT2D eigenvalue weighted by atomic mass is 32.2. The van der Waals surface area contributed by atoms with Crippen molar-refractivity contribution in [2.24, 2.45) is 5.14 Å². The van der Waals surface area contributed by atoms with Crippen molar-refractivity contribution in [3.63, 3.8) is 0 Å². The molecule has 4 N–H and O–H groups in total. The fourth-order valence-electron chi connectivity index (χ4n) is 1.63. The highest BCUT2D eigenvalue weighted by Gasteiger charge is 2.15. The number of rotatable bonds is 2. The first-order valence-electron chi connectivity index (χ1n) is 4.86. The number of sulfonamides is 1. The van der Waals surface area contributed by atoms with Crippen LogP contribution in [0, 0.1) is 0 Å². The van der Waals surface area contributed by atoms with Gasteiger partial charge in [0.25, 0.3) is 10.1 Å². The van der Waals surface area contributed by atoms with E-state index in [4.69, 9.17) is 9.69 Å². The highest BCUT2D eigenvalue weighted by molar-refractivity contribution is 7.89. The first-order chi connectivity index (χ1) is 8.59. The monoisotopic (exact) mass is 303 g/mol. The minimum Gasteiger partial charge on any atom is -0.507 e. The smallest absolute Gasteiger partial charge is 0.294 e. The van der Waals surface area contributed by atoms with Gasteiger partial charge < -0.3 is 5.11 Å². The minimum absolute atomic E-state index is 0.124. The van der Waals surface area contributed by atoms with Crippen LogP contribution in [0.4, 0.5) is 0 Å². The van der Waals surface area contributed by atoms with E-state index in [-0.39, 0.29) is 15.7 Å². The second kappa shape index (κ2) is 4.17. The zero-order chi connectivity index (χ0) is 14.4. The van der Waals surface area contributed by atoms with E-state index in [0.717, 1.165) is 18.2 Å². The summed E-state index contributed by atoms with van der Waals surface area (Å²) >= 11 is 0. The van der Waals surface area contributed by atoms with Gasteiger partial charge in [0.2, 0.25) is 10.0 Å². The number of nitrogens with two attached hydrogens (primary N) is 1. The molecule has 19 heavy (non-hydrogen) atoms. The van der Waals surface area contributed by atoms with Gasteiger partial charge in [0.15, 0.2) is 0 Å². The lowest BCUT2D eigenvalue weighted by Gasteiger charge is -2.06. The van der Waals surface area contributed by atoms with Crippen LogP contribution in [0.5, 0.6) is 5.75 Å². The van der Waals surface area contributed by atoms with E-state index >= 15 is 0 Å². The van der Waals surface area contributed by atoms with Gasteiger partial charge in [-0.05, 0) is 29.7 Å². The second-order valence-corrected chi connectivity index (χ2v) is 6.83. The fourth-order valence-corrected chi connectivity index (χ4v) is 2.71. The molecule has 7 nitrogen and oxygen atoms in total.